The van der Waals surface area contributed by atoms with Crippen LogP contribution in [0.2, 0.25) is 0 Å². The van der Waals surface area contributed by atoms with Gasteiger partial charge in [-0.3, -0.25) is 9.59 Å². The van der Waals surface area contributed by atoms with Crippen LogP contribution in [0, 0.1) is 0 Å². The lowest BCUT2D eigenvalue weighted by Gasteiger charge is -2.22. The summed E-state index contributed by atoms with van der Waals surface area (Å²) in [6.45, 7) is 8.25. The molecule has 0 saturated carbocycles. The zero-order valence-corrected chi connectivity index (χ0v) is 13.0. The lowest BCUT2D eigenvalue weighted by molar-refractivity contribution is -0.115. The average Bonchev–Trinajstić information content (AvgIpc) is 2.46. The first-order valence-electron chi connectivity index (χ1n) is 7.60. The second-order valence-electron chi connectivity index (χ2n) is 5.16. The third-order valence-corrected chi connectivity index (χ3v) is 3.77. The van der Waals surface area contributed by atoms with Crippen LogP contribution in [-0.4, -0.2) is 23.7 Å². The maximum Gasteiger partial charge on any atom is 0.203 e. The Hall–Kier alpha value is -1.58. The Morgan fingerprint density at radius 2 is 1.05 bits per heavy atom. The first kappa shape index (κ1) is 16.5. The Kier molecular flexibility index (Phi) is 6.49. The molecular formula is C16H26N2O2. The molecule has 0 bridgehead atoms. The van der Waals surface area contributed by atoms with Gasteiger partial charge in [0.15, 0.2) is 0 Å². The third-order valence-electron chi connectivity index (χ3n) is 3.77. The number of carbonyl (C=O) groups excluding carboxylic acids is 2. The van der Waals surface area contributed by atoms with Crippen molar-refractivity contribution in [2.45, 2.75) is 65.5 Å². The van der Waals surface area contributed by atoms with E-state index in [0.29, 0.717) is 11.4 Å². The highest BCUT2D eigenvalue weighted by Gasteiger charge is 2.22. The maximum atomic E-state index is 12.1. The molecule has 0 aliphatic heterocycles. The first-order valence-corrected chi connectivity index (χ1v) is 7.60. The second kappa shape index (κ2) is 7.88. The Morgan fingerprint density at radius 3 is 1.30 bits per heavy atom. The molecule has 0 spiro atoms. The van der Waals surface area contributed by atoms with Crippen LogP contribution in [0.3, 0.4) is 0 Å². The topological polar surface area (TPSA) is 58.2 Å². The molecule has 20 heavy (non-hydrogen) atoms. The summed E-state index contributed by atoms with van der Waals surface area (Å²) in [4.78, 5) is 24.2. The van der Waals surface area contributed by atoms with E-state index in [1.54, 1.807) is 0 Å². The van der Waals surface area contributed by atoms with Crippen molar-refractivity contribution in [2.75, 3.05) is 0 Å². The molecule has 0 saturated heterocycles. The number of rotatable bonds is 8. The number of carbonyl (C=O) groups is 2. The predicted molar refractivity (Wildman–Crippen MR) is 81.2 cm³/mol. The monoisotopic (exact) mass is 278 g/mol. The van der Waals surface area contributed by atoms with E-state index in [1.807, 2.05) is 0 Å². The van der Waals surface area contributed by atoms with Crippen molar-refractivity contribution in [3.05, 3.63) is 23.5 Å². The van der Waals surface area contributed by atoms with E-state index in [4.69, 9.17) is 0 Å². The van der Waals surface area contributed by atoms with Gasteiger partial charge in [0.05, 0.1) is 11.4 Å². The second-order valence-corrected chi connectivity index (χ2v) is 5.16. The van der Waals surface area contributed by atoms with Gasteiger partial charge >= 0.3 is 0 Å². The van der Waals surface area contributed by atoms with Gasteiger partial charge in [-0.15, -0.1) is 0 Å². The summed E-state index contributed by atoms with van der Waals surface area (Å²) in [6, 6.07) is 0.472. The van der Waals surface area contributed by atoms with Crippen molar-refractivity contribution in [1.82, 2.24) is 10.6 Å². The molecule has 4 heteroatoms. The summed E-state index contributed by atoms with van der Waals surface area (Å²) in [6.07, 6.45) is 6.56. The van der Waals surface area contributed by atoms with E-state index in [1.165, 1.54) is 12.2 Å². The molecule has 1 aliphatic rings. The Balaban J connectivity index is 2.76. The number of nitrogens with one attached hydrogen (secondary N) is 2. The van der Waals surface area contributed by atoms with E-state index in [9.17, 15) is 9.59 Å². The first-order chi connectivity index (χ1) is 9.55. The highest BCUT2D eigenvalue weighted by Crippen LogP contribution is 2.12. The van der Waals surface area contributed by atoms with Crippen molar-refractivity contribution in [3.8, 4) is 0 Å². The largest absolute Gasteiger partial charge is 0.379 e. The molecule has 1 rings (SSSR count). The summed E-state index contributed by atoms with van der Waals surface area (Å²) in [5, 5.41) is 6.31. The zero-order valence-electron chi connectivity index (χ0n) is 13.0. The molecule has 0 amide bonds. The quantitative estimate of drug-likeness (QED) is 0.670. The number of ketones is 2. The molecule has 0 heterocycles. The van der Waals surface area contributed by atoms with E-state index in [2.05, 4.69) is 38.3 Å². The normalized spacial score (nSPS) is 15.5. The molecule has 2 N–H and O–H groups in total. The van der Waals surface area contributed by atoms with E-state index in [-0.39, 0.29) is 23.7 Å². The fourth-order valence-electron chi connectivity index (χ4n) is 2.21. The minimum absolute atomic E-state index is 0.120. The minimum atomic E-state index is -0.120. The zero-order chi connectivity index (χ0) is 15.1. The Morgan fingerprint density at radius 1 is 0.750 bits per heavy atom. The summed E-state index contributed by atoms with van der Waals surface area (Å²) in [7, 11) is 0. The fraction of sp³-hybridized carbons (Fsp3) is 0.625. The van der Waals surface area contributed by atoms with E-state index in [0.717, 1.165) is 25.7 Å². The summed E-state index contributed by atoms with van der Waals surface area (Å²) in [5.74, 6) is -0.241. The van der Waals surface area contributed by atoms with Crippen LogP contribution < -0.4 is 10.6 Å². The van der Waals surface area contributed by atoms with Gasteiger partial charge < -0.3 is 10.6 Å². The SMILES string of the molecule is CCC(CC)NC1=CC(=O)C(NC(CC)CC)=CC1=O. The average molecular weight is 278 g/mol. The smallest absolute Gasteiger partial charge is 0.203 e. The fourth-order valence-corrected chi connectivity index (χ4v) is 2.21. The van der Waals surface area contributed by atoms with E-state index >= 15 is 0 Å². The summed E-state index contributed by atoms with van der Waals surface area (Å²) >= 11 is 0. The standard InChI is InChI=1S/C16H26N2O2/c1-5-11(6-2)17-13-9-16(20)14(10-15(13)19)18-12(7-3)8-4/h9-12,17-18H,5-8H2,1-4H3. The Labute approximate surface area is 121 Å². The number of allylic oxidation sites excluding steroid dienone is 2. The molecule has 0 atom stereocenters. The van der Waals surface area contributed by atoms with Crippen molar-refractivity contribution < 1.29 is 9.59 Å². The maximum absolute atomic E-state index is 12.1. The van der Waals surface area contributed by atoms with Gasteiger partial charge in [0.25, 0.3) is 0 Å². The van der Waals surface area contributed by atoms with Crippen LogP contribution in [0.1, 0.15) is 53.4 Å². The molecular weight excluding hydrogens is 252 g/mol. The van der Waals surface area contributed by atoms with Gasteiger partial charge in [-0.25, -0.2) is 0 Å². The minimum Gasteiger partial charge on any atom is -0.379 e. The molecule has 0 unspecified atom stereocenters. The number of hydrogen-bond acceptors (Lipinski definition) is 4. The van der Waals surface area contributed by atoms with Gasteiger partial charge in [0, 0.05) is 24.2 Å². The molecule has 1 aliphatic carbocycles. The van der Waals surface area contributed by atoms with Gasteiger partial charge in [-0.2, -0.15) is 0 Å². The van der Waals surface area contributed by atoms with Crippen molar-refractivity contribution in [2.24, 2.45) is 0 Å². The van der Waals surface area contributed by atoms with Crippen molar-refractivity contribution in [3.63, 3.8) is 0 Å². The van der Waals surface area contributed by atoms with Crippen LogP contribution in [0.4, 0.5) is 0 Å². The predicted octanol–water partition coefficient (Wildman–Crippen LogP) is 2.46. The van der Waals surface area contributed by atoms with E-state index < -0.39 is 0 Å². The highest BCUT2D eigenvalue weighted by atomic mass is 16.1. The van der Waals surface area contributed by atoms with Crippen LogP contribution in [0.5, 0.6) is 0 Å². The summed E-state index contributed by atoms with van der Waals surface area (Å²) in [5.41, 5.74) is 0.831. The van der Waals surface area contributed by atoms with Crippen molar-refractivity contribution >= 4 is 11.6 Å². The third kappa shape index (κ3) is 4.22. The number of hydrogen-bond donors (Lipinski definition) is 2. The molecule has 0 aromatic carbocycles. The molecule has 0 fully saturated rings. The van der Waals surface area contributed by atoms with Gasteiger partial charge in [-0.1, -0.05) is 27.7 Å². The molecule has 0 aromatic heterocycles. The summed E-state index contributed by atoms with van der Waals surface area (Å²) < 4.78 is 0. The van der Waals surface area contributed by atoms with Crippen LogP contribution in [0.15, 0.2) is 23.5 Å². The van der Waals surface area contributed by atoms with Gasteiger partial charge in [0.2, 0.25) is 11.6 Å². The van der Waals surface area contributed by atoms with Gasteiger partial charge in [-0.05, 0) is 25.7 Å². The van der Waals surface area contributed by atoms with Crippen LogP contribution >= 0.6 is 0 Å². The van der Waals surface area contributed by atoms with Crippen LogP contribution in [0.25, 0.3) is 0 Å². The molecule has 0 aromatic rings. The van der Waals surface area contributed by atoms with Gasteiger partial charge in [0.1, 0.15) is 0 Å². The van der Waals surface area contributed by atoms with Crippen molar-refractivity contribution in [1.29, 1.82) is 0 Å². The van der Waals surface area contributed by atoms with Crippen LogP contribution in [-0.2, 0) is 9.59 Å². The Bertz CT molecular complexity index is 376. The highest BCUT2D eigenvalue weighted by molar-refractivity contribution is 6.19. The molecule has 4 nitrogen and oxygen atoms in total. The lowest BCUT2D eigenvalue weighted by Crippen LogP contribution is -2.36. The molecule has 0 radical (unpaired) electrons. The lowest BCUT2D eigenvalue weighted by atomic mass is 10.0. The molecule has 112 valence electrons.